The van der Waals surface area contributed by atoms with E-state index in [1.54, 1.807) is 30.1 Å². The van der Waals surface area contributed by atoms with Crippen LogP contribution in [-0.4, -0.2) is 49.0 Å². The maximum absolute atomic E-state index is 13.8. The van der Waals surface area contributed by atoms with Crippen molar-refractivity contribution in [1.82, 2.24) is 9.80 Å². The van der Waals surface area contributed by atoms with Crippen LogP contribution in [0, 0.1) is 5.82 Å². The molecule has 0 saturated carbocycles. The van der Waals surface area contributed by atoms with Crippen LogP contribution in [0.4, 0.5) is 4.39 Å². The highest BCUT2D eigenvalue weighted by molar-refractivity contribution is 9.10. The summed E-state index contributed by atoms with van der Waals surface area (Å²) >= 11 is 3.48. The van der Waals surface area contributed by atoms with Gasteiger partial charge in [-0.2, -0.15) is 0 Å². The van der Waals surface area contributed by atoms with Gasteiger partial charge in [0.05, 0.1) is 19.3 Å². The number of likely N-dealkylation sites (N-methyl/N-ethyl adjacent to an activating group) is 1. The number of amides is 1. The van der Waals surface area contributed by atoms with E-state index in [-0.39, 0.29) is 24.4 Å². The van der Waals surface area contributed by atoms with Crippen molar-refractivity contribution in [3.05, 3.63) is 69.9 Å². The van der Waals surface area contributed by atoms with Crippen LogP contribution in [0.15, 0.2) is 53.0 Å². The highest BCUT2D eigenvalue weighted by atomic mass is 79.9. The maximum atomic E-state index is 13.8. The highest BCUT2D eigenvalue weighted by Gasteiger charge is 2.24. The topological polar surface area (TPSA) is 32.8 Å². The van der Waals surface area contributed by atoms with E-state index in [9.17, 15) is 9.18 Å². The first-order chi connectivity index (χ1) is 12.5. The summed E-state index contributed by atoms with van der Waals surface area (Å²) in [6.07, 6.45) is -0.0501. The molecule has 6 heteroatoms. The molecule has 1 saturated heterocycles. The molecule has 0 radical (unpaired) electrons. The number of benzene rings is 2. The molecule has 138 valence electrons. The number of rotatable bonds is 5. The summed E-state index contributed by atoms with van der Waals surface area (Å²) in [5.74, 6) is -0.309. The second-order valence-corrected chi connectivity index (χ2v) is 7.41. The molecular weight excluding hydrogens is 399 g/mol. The van der Waals surface area contributed by atoms with Crippen LogP contribution < -0.4 is 0 Å². The monoisotopic (exact) mass is 420 g/mol. The third-order valence-electron chi connectivity index (χ3n) is 4.52. The minimum atomic E-state index is -0.284. The normalized spacial score (nSPS) is 17.9. The van der Waals surface area contributed by atoms with E-state index in [1.807, 2.05) is 24.3 Å². The van der Waals surface area contributed by atoms with Crippen LogP contribution in [0.1, 0.15) is 17.2 Å². The summed E-state index contributed by atoms with van der Waals surface area (Å²) in [6.45, 7) is 2.53. The average Bonchev–Trinajstić information content (AvgIpc) is 2.64. The molecule has 2 aromatic rings. The summed E-state index contributed by atoms with van der Waals surface area (Å²) in [5, 5.41) is 0. The first kappa shape index (κ1) is 19.0. The molecule has 1 aliphatic rings. The standard InChI is InChI=1S/C20H22BrFN2O2/c1-23(12-16-5-2-3-8-18(16)22)20(25)14-24-9-10-26-19(13-24)15-6-4-7-17(21)11-15/h2-8,11,19H,9-10,12-14H2,1H3. The van der Waals surface area contributed by atoms with E-state index in [1.165, 1.54) is 6.07 Å². The molecule has 26 heavy (non-hydrogen) atoms. The van der Waals surface area contributed by atoms with Gasteiger partial charge < -0.3 is 9.64 Å². The number of halogens is 2. The van der Waals surface area contributed by atoms with Crippen molar-refractivity contribution in [3.8, 4) is 0 Å². The molecular formula is C20H22BrFN2O2. The largest absolute Gasteiger partial charge is 0.371 e. The predicted molar refractivity (Wildman–Crippen MR) is 102 cm³/mol. The van der Waals surface area contributed by atoms with Gasteiger partial charge in [0.25, 0.3) is 0 Å². The number of carbonyl (C=O) groups excluding carboxylic acids is 1. The Morgan fingerprint density at radius 1 is 1.31 bits per heavy atom. The first-order valence-electron chi connectivity index (χ1n) is 8.59. The van der Waals surface area contributed by atoms with Crippen molar-refractivity contribution >= 4 is 21.8 Å². The molecule has 3 rings (SSSR count). The van der Waals surface area contributed by atoms with Crippen LogP contribution in [0.5, 0.6) is 0 Å². The Kier molecular flexibility index (Phi) is 6.40. The van der Waals surface area contributed by atoms with Gasteiger partial charge in [-0.15, -0.1) is 0 Å². The summed E-state index contributed by atoms with van der Waals surface area (Å²) in [5.41, 5.74) is 1.62. The fourth-order valence-electron chi connectivity index (χ4n) is 3.04. The van der Waals surface area contributed by atoms with E-state index >= 15 is 0 Å². The van der Waals surface area contributed by atoms with Crippen LogP contribution in [0.2, 0.25) is 0 Å². The minimum absolute atomic E-state index is 0.0249. The molecule has 1 fully saturated rings. The number of nitrogens with zero attached hydrogens (tertiary/aromatic N) is 2. The lowest BCUT2D eigenvalue weighted by Gasteiger charge is -2.33. The molecule has 1 heterocycles. The fraction of sp³-hybridized carbons (Fsp3) is 0.350. The summed E-state index contributed by atoms with van der Waals surface area (Å²) in [6, 6.07) is 14.6. The third kappa shape index (κ3) is 4.90. The Morgan fingerprint density at radius 2 is 2.12 bits per heavy atom. The van der Waals surface area contributed by atoms with Gasteiger partial charge in [0, 0.05) is 36.7 Å². The quantitative estimate of drug-likeness (QED) is 0.740. The molecule has 2 aromatic carbocycles. The van der Waals surface area contributed by atoms with Crippen LogP contribution in [0.3, 0.4) is 0 Å². The second kappa shape index (κ2) is 8.75. The Hall–Kier alpha value is -1.76. The van der Waals surface area contributed by atoms with E-state index in [0.29, 0.717) is 31.8 Å². The van der Waals surface area contributed by atoms with Gasteiger partial charge in [-0.1, -0.05) is 46.3 Å². The lowest BCUT2D eigenvalue weighted by atomic mass is 10.1. The van der Waals surface area contributed by atoms with Gasteiger partial charge in [-0.25, -0.2) is 4.39 Å². The molecule has 1 unspecified atom stereocenters. The van der Waals surface area contributed by atoms with Gasteiger partial charge in [0.2, 0.25) is 5.91 Å². The Balaban J connectivity index is 1.57. The number of hydrogen-bond donors (Lipinski definition) is 0. The van der Waals surface area contributed by atoms with Gasteiger partial charge in [-0.3, -0.25) is 9.69 Å². The number of hydrogen-bond acceptors (Lipinski definition) is 3. The number of carbonyl (C=O) groups is 1. The Labute approximate surface area is 161 Å². The minimum Gasteiger partial charge on any atom is -0.371 e. The molecule has 0 aliphatic carbocycles. The van der Waals surface area contributed by atoms with Crippen molar-refractivity contribution in [2.75, 3.05) is 33.3 Å². The molecule has 0 bridgehead atoms. The van der Waals surface area contributed by atoms with Crippen molar-refractivity contribution in [2.24, 2.45) is 0 Å². The number of ether oxygens (including phenoxy) is 1. The van der Waals surface area contributed by atoms with Crippen molar-refractivity contribution < 1.29 is 13.9 Å². The molecule has 0 aromatic heterocycles. The molecule has 1 atom stereocenters. The Bertz CT molecular complexity index is 771. The first-order valence-corrected chi connectivity index (χ1v) is 9.39. The predicted octanol–water partition coefficient (Wildman–Crippen LogP) is 3.62. The van der Waals surface area contributed by atoms with Crippen LogP contribution in [-0.2, 0) is 16.1 Å². The van der Waals surface area contributed by atoms with Gasteiger partial charge in [-0.05, 0) is 23.8 Å². The SMILES string of the molecule is CN(Cc1ccccc1F)C(=O)CN1CCOC(c2cccc(Br)c2)C1. The zero-order valence-corrected chi connectivity index (χ0v) is 16.3. The zero-order chi connectivity index (χ0) is 18.5. The van der Waals surface area contributed by atoms with Crippen LogP contribution >= 0.6 is 15.9 Å². The third-order valence-corrected chi connectivity index (χ3v) is 5.01. The molecule has 0 N–H and O–H groups in total. The van der Waals surface area contributed by atoms with E-state index in [2.05, 4.69) is 20.8 Å². The maximum Gasteiger partial charge on any atom is 0.236 e. The summed E-state index contributed by atoms with van der Waals surface area (Å²) in [4.78, 5) is 16.2. The molecule has 1 amide bonds. The Morgan fingerprint density at radius 3 is 2.88 bits per heavy atom. The second-order valence-electron chi connectivity index (χ2n) is 6.49. The van der Waals surface area contributed by atoms with Crippen molar-refractivity contribution in [3.63, 3.8) is 0 Å². The molecule has 1 aliphatic heterocycles. The summed E-state index contributed by atoms with van der Waals surface area (Å²) in [7, 11) is 1.71. The molecule has 4 nitrogen and oxygen atoms in total. The van der Waals surface area contributed by atoms with Gasteiger partial charge in [0.1, 0.15) is 5.82 Å². The smallest absolute Gasteiger partial charge is 0.236 e. The van der Waals surface area contributed by atoms with Crippen molar-refractivity contribution in [2.45, 2.75) is 12.6 Å². The van der Waals surface area contributed by atoms with Gasteiger partial charge in [0.15, 0.2) is 0 Å². The van der Waals surface area contributed by atoms with E-state index in [0.717, 1.165) is 10.0 Å². The van der Waals surface area contributed by atoms with Gasteiger partial charge >= 0.3 is 0 Å². The highest BCUT2D eigenvalue weighted by Crippen LogP contribution is 2.24. The van der Waals surface area contributed by atoms with E-state index < -0.39 is 0 Å². The summed E-state index contributed by atoms with van der Waals surface area (Å²) < 4.78 is 20.7. The fourth-order valence-corrected chi connectivity index (χ4v) is 3.45. The van der Waals surface area contributed by atoms with Crippen molar-refractivity contribution in [1.29, 1.82) is 0 Å². The lowest BCUT2D eigenvalue weighted by molar-refractivity contribution is -0.133. The zero-order valence-electron chi connectivity index (χ0n) is 14.7. The van der Waals surface area contributed by atoms with E-state index in [4.69, 9.17) is 4.74 Å². The van der Waals surface area contributed by atoms with Crippen LogP contribution in [0.25, 0.3) is 0 Å². The average molecular weight is 421 g/mol. The molecule has 0 spiro atoms. The number of morpholine rings is 1. The lowest BCUT2D eigenvalue weighted by Crippen LogP contribution is -2.44.